The fourth-order valence-electron chi connectivity index (χ4n) is 4.34. The molecule has 1 fully saturated rings. The monoisotopic (exact) mass is 444 g/mol. The van der Waals surface area contributed by atoms with Gasteiger partial charge in [-0.05, 0) is 79.8 Å². The second-order valence-corrected chi connectivity index (χ2v) is 8.15. The number of ether oxygens (including phenoxy) is 1. The SMILES string of the molecule is COc1ccc(-n2c(C)ccc2[C@H]2[C@H](c3ccccn3)NC(=S)N2Cc2ccco2)cc1. The van der Waals surface area contributed by atoms with Crippen molar-refractivity contribution in [1.29, 1.82) is 0 Å². The van der Waals surface area contributed by atoms with Crippen molar-refractivity contribution in [3.8, 4) is 11.4 Å². The average molecular weight is 445 g/mol. The number of hydrogen-bond donors (Lipinski definition) is 1. The molecule has 0 bridgehead atoms. The number of methoxy groups -OCH3 is 1. The van der Waals surface area contributed by atoms with Gasteiger partial charge in [0.25, 0.3) is 0 Å². The van der Waals surface area contributed by atoms with Crippen molar-refractivity contribution in [2.45, 2.75) is 25.6 Å². The maximum absolute atomic E-state index is 5.79. The van der Waals surface area contributed by atoms with E-state index in [0.717, 1.165) is 34.3 Å². The predicted octanol–water partition coefficient (Wildman–Crippen LogP) is 4.96. The Bertz CT molecular complexity index is 1200. The summed E-state index contributed by atoms with van der Waals surface area (Å²) in [6, 6.07) is 22.1. The van der Waals surface area contributed by atoms with E-state index in [4.69, 9.17) is 21.4 Å². The molecule has 0 aliphatic carbocycles. The summed E-state index contributed by atoms with van der Waals surface area (Å²) in [4.78, 5) is 6.82. The van der Waals surface area contributed by atoms with Crippen LogP contribution in [0.5, 0.6) is 5.75 Å². The molecule has 4 heterocycles. The number of furan rings is 1. The normalized spacial score (nSPS) is 18.1. The fourth-order valence-corrected chi connectivity index (χ4v) is 4.65. The van der Waals surface area contributed by atoms with Crippen LogP contribution < -0.4 is 10.1 Å². The number of rotatable bonds is 6. The standard InChI is InChI=1S/C25H24N4O2S/c1-17-8-13-22(29(17)18-9-11-19(30-2)12-10-18)24-23(21-7-3-4-14-26-21)27-25(32)28(24)16-20-6-5-15-31-20/h3-15,23-24H,16H2,1-2H3,(H,27,32)/t23-,24-/m0/s1. The maximum atomic E-state index is 5.79. The van der Waals surface area contributed by atoms with Crippen LogP contribution in [0.1, 0.15) is 34.9 Å². The molecule has 0 amide bonds. The van der Waals surface area contributed by atoms with Crippen LogP contribution >= 0.6 is 12.2 Å². The highest BCUT2D eigenvalue weighted by Gasteiger charge is 2.41. The molecule has 32 heavy (non-hydrogen) atoms. The van der Waals surface area contributed by atoms with E-state index in [0.29, 0.717) is 11.7 Å². The van der Waals surface area contributed by atoms with Crippen LogP contribution in [0.4, 0.5) is 0 Å². The van der Waals surface area contributed by atoms with Gasteiger partial charge in [0, 0.05) is 23.3 Å². The number of hydrogen-bond acceptors (Lipinski definition) is 4. The highest BCUT2D eigenvalue weighted by atomic mass is 32.1. The number of thiocarbonyl (C=S) groups is 1. The van der Waals surface area contributed by atoms with Crippen LogP contribution in [-0.4, -0.2) is 26.7 Å². The summed E-state index contributed by atoms with van der Waals surface area (Å²) in [5, 5.41) is 4.19. The molecule has 7 heteroatoms. The molecule has 1 N–H and O–H groups in total. The first-order valence-electron chi connectivity index (χ1n) is 10.5. The molecule has 1 aliphatic heterocycles. The molecule has 5 rings (SSSR count). The Morgan fingerprint density at radius 2 is 1.91 bits per heavy atom. The molecular weight excluding hydrogens is 420 g/mol. The second kappa shape index (κ2) is 8.51. The highest BCUT2D eigenvalue weighted by molar-refractivity contribution is 7.80. The number of aromatic nitrogens is 2. The van der Waals surface area contributed by atoms with Gasteiger partial charge in [-0.25, -0.2) is 0 Å². The van der Waals surface area contributed by atoms with Crippen LogP contribution in [0.25, 0.3) is 5.69 Å². The van der Waals surface area contributed by atoms with Gasteiger partial charge in [-0.15, -0.1) is 0 Å². The summed E-state index contributed by atoms with van der Waals surface area (Å²) < 4.78 is 13.3. The lowest BCUT2D eigenvalue weighted by molar-refractivity contribution is 0.280. The van der Waals surface area contributed by atoms with Crippen molar-refractivity contribution in [2.75, 3.05) is 7.11 Å². The molecule has 0 unspecified atom stereocenters. The van der Waals surface area contributed by atoms with Crippen LogP contribution in [0.2, 0.25) is 0 Å². The minimum Gasteiger partial charge on any atom is -0.497 e. The van der Waals surface area contributed by atoms with E-state index in [1.165, 1.54) is 0 Å². The summed E-state index contributed by atoms with van der Waals surface area (Å²) in [5.41, 5.74) is 4.28. The molecule has 1 aromatic carbocycles. The van der Waals surface area contributed by atoms with Gasteiger partial charge in [0.2, 0.25) is 0 Å². The van der Waals surface area contributed by atoms with Crippen molar-refractivity contribution < 1.29 is 9.15 Å². The van der Waals surface area contributed by atoms with Gasteiger partial charge in [-0.3, -0.25) is 4.98 Å². The smallest absolute Gasteiger partial charge is 0.170 e. The topological polar surface area (TPSA) is 55.5 Å². The molecule has 162 valence electrons. The van der Waals surface area contributed by atoms with E-state index in [-0.39, 0.29) is 12.1 Å². The van der Waals surface area contributed by atoms with Gasteiger partial charge < -0.3 is 23.9 Å². The van der Waals surface area contributed by atoms with E-state index < -0.39 is 0 Å². The van der Waals surface area contributed by atoms with Gasteiger partial charge in [-0.2, -0.15) is 0 Å². The van der Waals surface area contributed by atoms with E-state index in [9.17, 15) is 0 Å². The molecule has 3 aromatic heterocycles. The molecule has 4 aromatic rings. The van der Waals surface area contributed by atoms with Gasteiger partial charge in [-0.1, -0.05) is 6.07 Å². The Morgan fingerprint density at radius 3 is 2.59 bits per heavy atom. The molecule has 0 saturated carbocycles. The molecule has 0 spiro atoms. The first kappa shape index (κ1) is 20.3. The second-order valence-electron chi connectivity index (χ2n) is 7.77. The third-order valence-corrected chi connectivity index (χ3v) is 6.20. The summed E-state index contributed by atoms with van der Waals surface area (Å²) in [6.45, 7) is 2.68. The number of aryl methyl sites for hydroxylation is 1. The quantitative estimate of drug-likeness (QED) is 0.425. The van der Waals surface area contributed by atoms with E-state index in [2.05, 4.69) is 51.0 Å². The van der Waals surface area contributed by atoms with Crippen molar-refractivity contribution in [3.63, 3.8) is 0 Å². The third kappa shape index (κ3) is 3.65. The lowest BCUT2D eigenvalue weighted by atomic mass is 10.0. The minimum absolute atomic E-state index is 0.0710. The lowest BCUT2D eigenvalue weighted by Crippen LogP contribution is -2.30. The summed E-state index contributed by atoms with van der Waals surface area (Å²) in [5.74, 6) is 1.69. The summed E-state index contributed by atoms with van der Waals surface area (Å²) in [6.07, 6.45) is 3.51. The first-order valence-corrected chi connectivity index (χ1v) is 10.9. The molecular formula is C25H24N4O2S. The van der Waals surface area contributed by atoms with Gasteiger partial charge in [0.05, 0.1) is 37.7 Å². The van der Waals surface area contributed by atoms with E-state index >= 15 is 0 Å². The first-order chi connectivity index (χ1) is 15.7. The van der Waals surface area contributed by atoms with E-state index in [1.807, 2.05) is 48.7 Å². The van der Waals surface area contributed by atoms with Gasteiger partial charge in [0.15, 0.2) is 5.11 Å². The molecule has 0 radical (unpaired) electrons. The lowest BCUT2D eigenvalue weighted by Gasteiger charge is -2.28. The average Bonchev–Trinajstić information content (AvgIpc) is 3.55. The number of nitrogens with one attached hydrogen (secondary N) is 1. The van der Waals surface area contributed by atoms with Crippen LogP contribution in [0, 0.1) is 6.92 Å². The van der Waals surface area contributed by atoms with Crippen molar-refractivity contribution in [1.82, 2.24) is 19.8 Å². The number of benzene rings is 1. The fraction of sp³-hybridized carbons (Fsp3) is 0.200. The summed E-state index contributed by atoms with van der Waals surface area (Å²) in [7, 11) is 1.68. The molecule has 6 nitrogen and oxygen atoms in total. The van der Waals surface area contributed by atoms with E-state index in [1.54, 1.807) is 13.4 Å². The van der Waals surface area contributed by atoms with Crippen LogP contribution in [0.15, 0.2) is 83.6 Å². The Morgan fingerprint density at radius 1 is 1.06 bits per heavy atom. The molecule has 2 atom stereocenters. The minimum atomic E-state index is -0.0926. The Balaban J connectivity index is 1.62. The zero-order valence-electron chi connectivity index (χ0n) is 17.9. The Labute approximate surface area is 192 Å². The third-order valence-electron chi connectivity index (χ3n) is 5.84. The zero-order chi connectivity index (χ0) is 22.1. The van der Waals surface area contributed by atoms with Crippen LogP contribution in [0.3, 0.4) is 0 Å². The van der Waals surface area contributed by atoms with Crippen molar-refractivity contribution in [3.05, 3.63) is 102 Å². The number of pyridine rings is 1. The van der Waals surface area contributed by atoms with Gasteiger partial charge in [0.1, 0.15) is 11.5 Å². The molecule has 1 aliphatic rings. The maximum Gasteiger partial charge on any atom is 0.170 e. The predicted molar refractivity (Wildman–Crippen MR) is 127 cm³/mol. The Kier molecular flexibility index (Phi) is 5.41. The number of nitrogens with zero attached hydrogens (tertiary/aromatic N) is 3. The molecule has 1 saturated heterocycles. The Hall–Kier alpha value is -3.58. The van der Waals surface area contributed by atoms with Crippen molar-refractivity contribution >= 4 is 17.3 Å². The largest absolute Gasteiger partial charge is 0.497 e. The van der Waals surface area contributed by atoms with Crippen LogP contribution in [-0.2, 0) is 6.54 Å². The summed E-state index contributed by atoms with van der Waals surface area (Å²) >= 11 is 5.79. The van der Waals surface area contributed by atoms with Crippen molar-refractivity contribution in [2.24, 2.45) is 0 Å². The highest BCUT2D eigenvalue weighted by Crippen LogP contribution is 2.41. The van der Waals surface area contributed by atoms with Gasteiger partial charge >= 0.3 is 0 Å². The zero-order valence-corrected chi connectivity index (χ0v) is 18.8.